The molecule has 0 saturated heterocycles. The van der Waals surface area contributed by atoms with Gasteiger partial charge in [0, 0.05) is 24.5 Å². The first-order valence-corrected chi connectivity index (χ1v) is 5.65. The number of aryl methyl sites for hydroxylation is 1. The quantitative estimate of drug-likeness (QED) is 0.789. The molecule has 1 heterocycles. The maximum absolute atomic E-state index is 12.0. The van der Waals surface area contributed by atoms with E-state index in [1.165, 1.54) is 12.8 Å². The molecule has 1 unspecified atom stereocenters. The molecule has 16 heavy (non-hydrogen) atoms. The Morgan fingerprint density at radius 2 is 2.44 bits per heavy atom. The van der Waals surface area contributed by atoms with E-state index in [0.29, 0.717) is 18.0 Å². The lowest BCUT2D eigenvalue weighted by molar-refractivity contribution is 0.0932. The lowest BCUT2D eigenvalue weighted by Gasteiger charge is -2.16. The van der Waals surface area contributed by atoms with E-state index in [2.05, 4.69) is 10.3 Å². The van der Waals surface area contributed by atoms with E-state index in [1.54, 1.807) is 18.3 Å². The first-order chi connectivity index (χ1) is 7.72. The van der Waals surface area contributed by atoms with Crippen LogP contribution < -0.4 is 11.1 Å². The zero-order valence-corrected chi connectivity index (χ0v) is 9.44. The summed E-state index contributed by atoms with van der Waals surface area (Å²) in [6, 6.07) is 3.68. The normalized spacial score (nSPS) is 16.9. The van der Waals surface area contributed by atoms with Gasteiger partial charge >= 0.3 is 0 Å². The first-order valence-electron chi connectivity index (χ1n) is 5.65. The van der Waals surface area contributed by atoms with Crippen molar-refractivity contribution in [2.75, 3.05) is 6.54 Å². The number of hydrogen-bond acceptors (Lipinski definition) is 3. The number of amides is 1. The van der Waals surface area contributed by atoms with Crippen molar-refractivity contribution in [3.8, 4) is 0 Å². The van der Waals surface area contributed by atoms with Gasteiger partial charge in [0.05, 0.1) is 5.56 Å². The van der Waals surface area contributed by atoms with Gasteiger partial charge in [-0.05, 0) is 37.8 Å². The Balaban J connectivity index is 2.04. The van der Waals surface area contributed by atoms with Gasteiger partial charge in [-0.1, -0.05) is 0 Å². The van der Waals surface area contributed by atoms with Crippen LogP contribution >= 0.6 is 0 Å². The summed E-state index contributed by atoms with van der Waals surface area (Å²) in [5, 5.41) is 2.98. The maximum Gasteiger partial charge on any atom is 0.253 e. The van der Waals surface area contributed by atoms with Crippen LogP contribution in [0, 0.1) is 12.8 Å². The lowest BCUT2D eigenvalue weighted by atomic mass is 10.1. The Kier molecular flexibility index (Phi) is 3.19. The van der Waals surface area contributed by atoms with Gasteiger partial charge < -0.3 is 11.1 Å². The molecule has 4 heteroatoms. The second-order valence-electron chi connectivity index (χ2n) is 4.29. The minimum absolute atomic E-state index is 0.0621. The van der Waals surface area contributed by atoms with Crippen molar-refractivity contribution < 1.29 is 4.79 Å². The van der Waals surface area contributed by atoms with Crippen LogP contribution in [0.25, 0.3) is 0 Å². The van der Waals surface area contributed by atoms with Gasteiger partial charge in [0.15, 0.2) is 0 Å². The molecule has 1 aliphatic rings. The van der Waals surface area contributed by atoms with Gasteiger partial charge in [-0.25, -0.2) is 0 Å². The van der Waals surface area contributed by atoms with Crippen molar-refractivity contribution in [1.82, 2.24) is 10.3 Å². The third-order valence-corrected chi connectivity index (χ3v) is 3.01. The van der Waals surface area contributed by atoms with E-state index in [-0.39, 0.29) is 11.9 Å². The fourth-order valence-electron chi connectivity index (χ4n) is 1.84. The molecule has 0 aromatic carbocycles. The summed E-state index contributed by atoms with van der Waals surface area (Å²) in [6.07, 6.45) is 4.04. The molecule has 86 valence electrons. The molecule has 4 nitrogen and oxygen atoms in total. The summed E-state index contributed by atoms with van der Waals surface area (Å²) in [5.41, 5.74) is 7.04. The van der Waals surface area contributed by atoms with Crippen LogP contribution in [-0.4, -0.2) is 23.5 Å². The van der Waals surface area contributed by atoms with Crippen LogP contribution in [0.15, 0.2) is 18.3 Å². The Morgan fingerprint density at radius 3 is 3.00 bits per heavy atom. The number of rotatable bonds is 4. The average molecular weight is 219 g/mol. The molecule has 1 atom stereocenters. The van der Waals surface area contributed by atoms with Crippen molar-refractivity contribution in [2.24, 2.45) is 11.7 Å². The monoisotopic (exact) mass is 219 g/mol. The molecule has 1 aromatic rings. The van der Waals surface area contributed by atoms with E-state index in [9.17, 15) is 4.79 Å². The number of nitrogens with two attached hydrogens (primary N) is 1. The highest BCUT2D eigenvalue weighted by atomic mass is 16.1. The number of hydrogen-bond donors (Lipinski definition) is 2. The summed E-state index contributed by atoms with van der Waals surface area (Å²) in [4.78, 5) is 16.1. The highest BCUT2D eigenvalue weighted by molar-refractivity contribution is 5.95. The molecule has 1 aliphatic carbocycles. The largest absolute Gasteiger partial charge is 0.348 e. The third-order valence-electron chi connectivity index (χ3n) is 3.01. The zero-order chi connectivity index (χ0) is 11.5. The van der Waals surface area contributed by atoms with Gasteiger partial charge in [-0.2, -0.15) is 0 Å². The molecular weight excluding hydrogens is 202 g/mol. The fourth-order valence-corrected chi connectivity index (χ4v) is 1.84. The van der Waals surface area contributed by atoms with Crippen LogP contribution in [0.2, 0.25) is 0 Å². The molecule has 0 radical (unpaired) electrons. The summed E-state index contributed by atoms with van der Waals surface area (Å²) < 4.78 is 0. The highest BCUT2D eigenvalue weighted by Gasteiger charge is 2.31. The van der Waals surface area contributed by atoms with Gasteiger partial charge in [0.2, 0.25) is 0 Å². The highest BCUT2D eigenvalue weighted by Crippen LogP contribution is 2.32. The van der Waals surface area contributed by atoms with Gasteiger partial charge in [-0.3, -0.25) is 9.78 Å². The molecule has 1 fully saturated rings. The summed E-state index contributed by atoms with van der Waals surface area (Å²) in [6.45, 7) is 2.35. The number of carbonyl (C=O) groups excluding carboxylic acids is 1. The maximum atomic E-state index is 12.0. The van der Waals surface area contributed by atoms with Crippen molar-refractivity contribution >= 4 is 5.91 Å². The lowest BCUT2D eigenvalue weighted by Crippen LogP contribution is -2.42. The summed E-state index contributed by atoms with van der Waals surface area (Å²) >= 11 is 0. The molecule has 0 aliphatic heterocycles. The molecule has 0 bridgehead atoms. The van der Waals surface area contributed by atoms with Crippen LogP contribution in [0.1, 0.15) is 28.9 Å². The SMILES string of the molecule is Cc1ncccc1C(=O)NC(CN)C1CC1. The van der Waals surface area contributed by atoms with E-state index in [4.69, 9.17) is 5.73 Å². The number of nitrogens with zero attached hydrogens (tertiary/aromatic N) is 1. The van der Waals surface area contributed by atoms with Gasteiger partial charge in [0.25, 0.3) is 5.91 Å². The molecule has 0 spiro atoms. The minimum atomic E-state index is -0.0621. The van der Waals surface area contributed by atoms with E-state index >= 15 is 0 Å². The standard InChI is InChI=1S/C12H17N3O/c1-8-10(3-2-6-14-8)12(16)15-11(7-13)9-4-5-9/h2-3,6,9,11H,4-5,7,13H2,1H3,(H,15,16). The van der Waals surface area contributed by atoms with E-state index in [1.807, 2.05) is 6.92 Å². The molecule has 2 rings (SSSR count). The topological polar surface area (TPSA) is 68.0 Å². The summed E-state index contributed by atoms with van der Waals surface area (Å²) in [7, 11) is 0. The minimum Gasteiger partial charge on any atom is -0.348 e. The van der Waals surface area contributed by atoms with Crippen molar-refractivity contribution in [2.45, 2.75) is 25.8 Å². The molecule has 1 aromatic heterocycles. The van der Waals surface area contributed by atoms with Crippen LogP contribution in [-0.2, 0) is 0 Å². The van der Waals surface area contributed by atoms with E-state index in [0.717, 1.165) is 5.69 Å². The molecular formula is C12H17N3O. The van der Waals surface area contributed by atoms with Crippen LogP contribution in [0.4, 0.5) is 0 Å². The molecule has 1 saturated carbocycles. The van der Waals surface area contributed by atoms with Crippen molar-refractivity contribution in [3.05, 3.63) is 29.6 Å². The third kappa shape index (κ3) is 2.39. The smallest absolute Gasteiger partial charge is 0.253 e. The number of carbonyl (C=O) groups is 1. The molecule has 1 amide bonds. The Morgan fingerprint density at radius 1 is 1.69 bits per heavy atom. The first kappa shape index (κ1) is 11.1. The second kappa shape index (κ2) is 4.61. The second-order valence-corrected chi connectivity index (χ2v) is 4.29. The Labute approximate surface area is 95.3 Å². The Bertz CT molecular complexity index is 388. The fraction of sp³-hybridized carbons (Fsp3) is 0.500. The van der Waals surface area contributed by atoms with Crippen molar-refractivity contribution in [1.29, 1.82) is 0 Å². The van der Waals surface area contributed by atoms with Crippen molar-refractivity contribution in [3.63, 3.8) is 0 Å². The molecule has 3 N–H and O–H groups in total. The zero-order valence-electron chi connectivity index (χ0n) is 9.44. The number of aromatic nitrogens is 1. The van der Waals surface area contributed by atoms with Gasteiger partial charge in [-0.15, -0.1) is 0 Å². The average Bonchev–Trinajstić information content (AvgIpc) is 3.10. The van der Waals surface area contributed by atoms with E-state index < -0.39 is 0 Å². The number of pyridine rings is 1. The number of nitrogens with one attached hydrogen (secondary N) is 1. The van der Waals surface area contributed by atoms with Crippen LogP contribution in [0.5, 0.6) is 0 Å². The predicted octanol–water partition coefficient (Wildman–Crippen LogP) is 0.857. The van der Waals surface area contributed by atoms with Gasteiger partial charge in [0.1, 0.15) is 0 Å². The predicted molar refractivity (Wildman–Crippen MR) is 62.0 cm³/mol. The summed E-state index contributed by atoms with van der Waals surface area (Å²) in [5.74, 6) is 0.513. The Hall–Kier alpha value is -1.42. The van der Waals surface area contributed by atoms with Crippen LogP contribution in [0.3, 0.4) is 0 Å².